The van der Waals surface area contributed by atoms with Crippen molar-refractivity contribution >= 4 is 22.9 Å². The smallest absolute Gasteiger partial charge is 0.319 e. The number of pyridine rings is 1. The van der Waals surface area contributed by atoms with Crippen molar-refractivity contribution in [2.45, 2.75) is 18.8 Å². The Morgan fingerprint density at radius 2 is 1.89 bits per heavy atom. The van der Waals surface area contributed by atoms with Crippen LogP contribution in [0.1, 0.15) is 24.5 Å². The number of aryl methyl sites for hydroxylation is 1. The van der Waals surface area contributed by atoms with Crippen LogP contribution in [0.4, 0.5) is 10.6 Å². The summed E-state index contributed by atoms with van der Waals surface area (Å²) in [5.41, 5.74) is 3.20. The van der Waals surface area contributed by atoms with Crippen LogP contribution >= 0.6 is 0 Å². The van der Waals surface area contributed by atoms with Crippen LogP contribution in [0.15, 0.2) is 12.4 Å². The number of morpholine rings is 1. The number of ether oxygens (including phenoxy) is 1. The van der Waals surface area contributed by atoms with E-state index in [1.165, 1.54) is 0 Å². The molecule has 2 aromatic heterocycles. The molecule has 27 heavy (non-hydrogen) atoms. The molecule has 0 aliphatic carbocycles. The monoisotopic (exact) mass is 372 g/mol. The van der Waals surface area contributed by atoms with Crippen LogP contribution in [-0.4, -0.2) is 83.9 Å². The Hall–Kier alpha value is -2.35. The van der Waals surface area contributed by atoms with Crippen LogP contribution in [0.3, 0.4) is 0 Å². The highest BCUT2D eigenvalue weighted by atomic mass is 16.5. The Labute approximate surface area is 159 Å². The Balaban J connectivity index is 1.61. The minimum atomic E-state index is 0.0949. The summed E-state index contributed by atoms with van der Waals surface area (Å²) in [5.74, 6) is 1.34. The third-order valence-electron chi connectivity index (χ3n) is 5.59. The van der Waals surface area contributed by atoms with Crippen molar-refractivity contribution < 1.29 is 9.53 Å². The standard InChI is InChI=1S/C19H28N6O2/c1-22(2)19(26)25-6-4-14(5-7-25)15-12-16-17(20-13-23(16)3)18(21-15)24-8-10-27-11-9-24/h12-14H,4-11H2,1-3H3. The molecule has 146 valence electrons. The van der Waals surface area contributed by atoms with Gasteiger partial charge in [0.1, 0.15) is 5.52 Å². The number of imidazole rings is 1. The molecule has 0 spiro atoms. The second-order valence-electron chi connectivity index (χ2n) is 7.63. The van der Waals surface area contributed by atoms with E-state index in [4.69, 9.17) is 9.72 Å². The van der Waals surface area contributed by atoms with Crippen LogP contribution in [0.2, 0.25) is 0 Å². The second kappa shape index (κ2) is 7.34. The Morgan fingerprint density at radius 3 is 2.56 bits per heavy atom. The number of carbonyl (C=O) groups is 1. The van der Waals surface area contributed by atoms with E-state index in [-0.39, 0.29) is 6.03 Å². The normalized spacial score (nSPS) is 18.9. The number of piperidine rings is 1. The molecule has 0 bridgehead atoms. The molecular weight excluding hydrogens is 344 g/mol. The summed E-state index contributed by atoms with van der Waals surface area (Å²) < 4.78 is 7.57. The molecule has 2 amide bonds. The van der Waals surface area contributed by atoms with Gasteiger partial charge in [0.25, 0.3) is 0 Å². The maximum atomic E-state index is 12.2. The van der Waals surface area contributed by atoms with Crippen molar-refractivity contribution in [3.05, 3.63) is 18.1 Å². The lowest BCUT2D eigenvalue weighted by atomic mass is 9.93. The largest absolute Gasteiger partial charge is 0.378 e. The molecule has 0 N–H and O–H groups in total. The van der Waals surface area contributed by atoms with Crippen LogP contribution in [-0.2, 0) is 11.8 Å². The summed E-state index contributed by atoms with van der Waals surface area (Å²) in [6, 6.07) is 2.28. The van der Waals surface area contributed by atoms with Gasteiger partial charge in [-0.15, -0.1) is 0 Å². The summed E-state index contributed by atoms with van der Waals surface area (Å²) in [6.07, 6.45) is 3.75. The molecule has 0 aromatic carbocycles. The average molecular weight is 372 g/mol. The third kappa shape index (κ3) is 3.45. The number of likely N-dealkylation sites (tertiary alicyclic amines) is 1. The van der Waals surface area contributed by atoms with Crippen LogP contribution < -0.4 is 4.90 Å². The minimum absolute atomic E-state index is 0.0949. The van der Waals surface area contributed by atoms with Crippen molar-refractivity contribution in [3.63, 3.8) is 0 Å². The zero-order chi connectivity index (χ0) is 19.0. The number of hydrogen-bond donors (Lipinski definition) is 0. The summed E-state index contributed by atoms with van der Waals surface area (Å²) in [4.78, 5) is 27.7. The maximum absolute atomic E-state index is 12.2. The van der Waals surface area contributed by atoms with E-state index in [0.29, 0.717) is 5.92 Å². The number of anilines is 1. The van der Waals surface area contributed by atoms with Crippen molar-refractivity contribution in [1.29, 1.82) is 0 Å². The molecule has 2 aromatic rings. The third-order valence-corrected chi connectivity index (χ3v) is 5.59. The first-order valence-corrected chi connectivity index (χ1v) is 9.65. The van der Waals surface area contributed by atoms with Crippen LogP contribution in [0.5, 0.6) is 0 Å². The SMILES string of the molecule is CN(C)C(=O)N1CCC(c2cc3c(ncn3C)c(N3CCOCC3)n2)CC1. The quantitative estimate of drug-likeness (QED) is 0.802. The highest BCUT2D eigenvalue weighted by molar-refractivity contribution is 5.87. The molecule has 4 heterocycles. The van der Waals surface area contributed by atoms with Gasteiger partial charge in [-0.3, -0.25) is 0 Å². The van der Waals surface area contributed by atoms with E-state index in [1.807, 2.05) is 18.3 Å². The molecule has 0 radical (unpaired) electrons. The topological polar surface area (TPSA) is 66.7 Å². The number of amides is 2. The molecule has 0 unspecified atom stereocenters. The average Bonchev–Trinajstić information content (AvgIpc) is 3.08. The number of rotatable bonds is 2. The fraction of sp³-hybridized carbons (Fsp3) is 0.632. The van der Waals surface area contributed by atoms with Crippen LogP contribution in [0, 0.1) is 0 Å². The van der Waals surface area contributed by atoms with Gasteiger partial charge in [0, 0.05) is 58.9 Å². The van der Waals surface area contributed by atoms with Crippen molar-refractivity contribution in [2.75, 3.05) is 58.4 Å². The second-order valence-corrected chi connectivity index (χ2v) is 7.63. The van der Waals surface area contributed by atoms with Crippen molar-refractivity contribution in [3.8, 4) is 0 Å². The molecule has 8 nitrogen and oxygen atoms in total. The molecule has 2 saturated heterocycles. The molecule has 2 fully saturated rings. The van der Waals surface area contributed by atoms with Gasteiger partial charge in [0.15, 0.2) is 5.82 Å². The lowest BCUT2D eigenvalue weighted by Gasteiger charge is -2.34. The number of carbonyl (C=O) groups excluding carboxylic acids is 1. The molecular formula is C19H28N6O2. The molecule has 8 heteroatoms. The zero-order valence-electron chi connectivity index (χ0n) is 16.4. The van der Waals surface area contributed by atoms with Gasteiger partial charge >= 0.3 is 6.03 Å². The first kappa shape index (κ1) is 18.0. The van der Waals surface area contributed by atoms with E-state index < -0.39 is 0 Å². The molecule has 2 aliphatic rings. The predicted octanol–water partition coefficient (Wildman–Crippen LogP) is 1.67. The lowest BCUT2D eigenvalue weighted by molar-refractivity contribution is 0.122. The van der Waals surface area contributed by atoms with Gasteiger partial charge in [-0.25, -0.2) is 14.8 Å². The molecule has 4 rings (SSSR count). The van der Waals surface area contributed by atoms with E-state index >= 15 is 0 Å². The summed E-state index contributed by atoms with van der Waals surface area (Å²) in [5, 5.41) is 0. The Morgan fingerprint density at radius 1 is 1.19 bits per heavy atom. The van der Waals surface area contributed by atoms with E-state index in [1.54, 1.807) is 19.0 Å². The van der Waals surface area contributed by atoms with Crippen molar-refractivity contribution in [1.82, 2.24) is 24.3 Å². The first-order chi connectivity index (χ1) is 13.0. The van der Waals surface area contributed by atoms with E-state index in [0.717, 1.165) is 74.8 Å². The number of urea groups is 1. The van der Waals surface area contributed by atoms with Gasteiger partial charge in [-0.1, -0.05) is 0 Å². The number of nitrogens with zero attached hydrogens (tertiary/aromatic N) is 6. The summed E-state index contributed by atoms with van der Waals surface area (Å²) in [7, 11) is 5.64. The highest BCUT2D eigenvalue weighted by Gasteiger charge is 2.27. The maximum Gasteiger partial charge on any atom is 0.319 e. The zero-order valence-corrected chi connectivity index (χ0v) is 16.4. The molecule has 2 aliphatic heterocycles. The number of fused-ring (bicyclic) bond motifs is 1. The van der Waals surface area contributed by atoms with E-state index in [9.17, 15) is 4.79 Å². The van der Waals surface area contributed by atoms with Gasteiger partial charge in [-0.05, 0) is 18.9 Å². The Bertz CT molecular complexity index is 819. The van der Waals surface area contributed by atoms with Gasteiger partial charge in [0.2, 0.25) is 0 Å². The minimum Gasteiger partial charge on any atom is -0.378 e. The van der Waals surface area contributed by atoms with Gasteiger partial charge < -0.3 is 24.0 Å². The Kier molecular flexibility index (Phi) is 4.90. The first-order valence-electron chi connectivity index (χ1n) is 9.65. The summed E-state index contributed by atoms with van der Waals surface area (Å²) >= 11 is 0. The summed E-state index contributed by atoms with van der Waals surface area (Å²) in [6.45, 7) is 4.70. The predicted molar refractivity (Wildman–Crippen MR) is 104 cm³/mol. The van der Waals surface area contributed by atoms with Crippen LogP contribution in [0.25, 0.3) is 11.0 Å². The van der Waals surface area contributed by atoms with Gasteiger partial charge in [0.05, 0.1) is 25.1 Å². The fourth-order valence-electron chi connectivity index (χ4n) is 3.98. The van der Waals surface area contributed by atoms with Gasteiger partial charge in [-0.2, -0.15) is 0 Å². The van der Waals surface area contributed by atoms with E-state index in [2.05, 4.69) is 20.5 Å². The van der Waals surface area contributed by atoms with Crippen molar-refractivity contribution in [2.24, 2.45) is 7.05 Å². The fourth-order valence-corrected chi connectivity index (χ4v) is 3.98. The highest BCUT2D eigenvalue weighted by Crippen LogP contribution is 2.32. The lowest BCUT2D eigenvalue weighted by Crippen LogP contribution is -2.43. The number of aromatic nitrogens is 3. The molecule has 0 atom stereocenters. The molecule has 0 saturated carbocycles. The number of hydrogen-bond acceptors (Lipinski definition) is 5.